The molecule has 0 unspecified atom stereocenters. The minimum absolute atomic E-state index is 0.0971. The number of halogens is 1. The van der Waals surface area contributed by atoms with Crippen molar-refractivity contribution < 1.29 is 9.53 Å². The lowest BCUT2D eigenvalue weighted by molar-refractivity contribution is -0.113. The Morgan fingerprint density at radius 3 is 2.62 bits per heavy atom. The molecule has 6 nitrogen and oxygen atoms in total. The van der Waals surface area contributed by atoms with Gasteiger partial charge in [-0.25, -0.2) is 4.98 Å². The van der Waals surface area contributed by atoms with Crippen LogP contribution in [0, 0.1) is 0 Å². The molecule has 0 bridgehead atoms. The maximum Gasteiger partial charge on any atom is 0.262 e. The van der Waals surface area contributed by atoms with Crippen LogP contribution >= 0.6 is 23.4 Å². The zero-order chi connectivity index (χ0) is 22.5. The van der Waals surface area contributed by atoms with Crippen molar-refractivity contribution in [2.75, 3.05) is 18.2 Å². The highest BCUT2D eigenvalue weighted by molar-refractivity contribution is 7.99. The van der Waals surface area contributed by atoms with Crippen LogP contribution < -0.4 is 15.6 Å². The number of thioether (sulfide) groups is 1. The van der Waals surface area contributed by atoms with E-state index in [0.717, 1.165) is 11.3 Å². The van der Waals surface area contributed by atoms with Crippen molar-refractivity contribution in [2.45, 2.75) is 11.7 Å². The van der Waals surface area contributed by atoms with E-state index < -0.39 is 0 Å². The fourth-order valence-electron chi connectivity index (χ4n) is 3.20. The van der Waals surface area contributed by atoms with Crippen molar-refractivity contribution in [2.24, 2.45) is 0 Å². The molecule has 3 aromatic carbocycles. The van der Waals surface area contributed by atoms with E-state index in [1.165, 1.54) is 11.8 Å². The third-order valence-electron chi connectivity index (χ3n) is 4.77. The molecule has 1 heterocycles. The molecular weight excluding hydrogens is 446 g/mol. The summed E-state index contributed by atoms with van der Waals surface area (Å²) in [6.45, 7) is 0.332. The van der Waals surface area contributed by atoms with Crippen molar-refractivity contribution in [1.82, 2.24) is 9.55 Å². The van der Waals surface area contributed by atoms with Gasteiger partial charge in [-0.15, -0.1) is 0 Å². The normalized spacial score (nSPS) is 10.8. The Balaban J connectivity index is 1.60. The molecule has 4 aromatic rings. The molecule has 0 saturated carbocycles. The average molecular weight is 466 g/mol. The van der Waals surface area contributed by atoms with E-state index in [4.69, 9.17) is 16.3 Å². The first-order valence-electron chi connectivity index (χ1n) is 9.84. The smallest absolute Gasteiger partial charge is 0.262 e. The number of nitrogens with one attached hydrogen (secondary N) is 1. The van der Waals surface area contributed by atoms with E-state index in [1.807, 2.05) is 36.4 Å². The molecule has 0 aliphatic heterocycles. The molecule has 0 radical (unpaired) electrons. The van der Waals surface area contributed by atoms with Gasteiger partial charge in [0.25, 0.3) is 5.56 Å². The Morgan fingerprint density at radius 1 is 1.09 bits per heavy atom. The summed E-state index contributed by atoms with van der Waals surface area (Å²) in [6.07, 6.45) is 0. The van der Waals surface area contributed by atoms with Gasteiger partial charge in [-0.2, -0.15) is 0 Å². The number of hydrogen-bond donors (Lipinski definition) is 1. The average Bonchev–Trinajstić information content (AvgIpc) is 2.80. The Kier molecular flexibility index (Phi) is 6.78. The van der Waals surface area contributed by atoms with Gasteiger partial charge in [-0.05, 0) is 48.0 Å². The monoisotopic (exact) mass is 465 g/mol. The van der Waals surface area contributed by atoms with E-state index in [1.54, 1.807) is 48.1 Å². The van der Waals surface area contributed by atoms with Crippen LogP contribution in [0.4, 0.5) is 5.69 Å². The number of amides is 1. The fourth-order valence-corrected chi connectivity index (χ4v) is 4.19. The SMILES string of the molecule is COc1ccc(Cn2c(SCC(=O)Nc3cccc(Cl)c3)nc3ccccc3c2=O)cc1. The lowest BCUT2D eigenvalue weighted by Gasteiger charge is -2.13. The predicted molar refractivity (Wildman–Crippen MR) is 129 cm³/mol. The molecule has 0 aliphatic carbocycles. The number of para-hydroxylation sites is 1. The molecule has 1 N–H and O–H groups in total. The van der Waals surface area contributed by atoms with Gasteiger partial charge in [-0.3, -0.25) is 14.2 Å². The number of benzene rings is 3. The highest BCUT2D eigenvalue weighted by Crippen LogP contribution is 2.21. The molecule has 8 heteroatoms. The summed E-state index contributed by atoms with van der Waals surface area (Å²) < 4.78 is 6.81. The fraction of sp³-hybridized carbons (Fsp3) is 0.125. The minimum Gasteiger partial charge on any atom is -0.497 e. The van der Waals surface area contributed by atoms with E-state index in [2.05, 4.69) is 10.3 Å². The van der Waals surface area contributed by atoms with Crippen LogP contribution in [0.3, 0.4) is 0 Å². The molecule has 0 atom stereocenters. The van der Waals surface area contributed by atoms with Crippen LogP contribution in [0.15, 0.2) is 82.7 Å². The lowest BCUT2D eigenvalue weighted by Crippen LogP contribution is -2.24. The first-order chi connectivity index (χ1) is 15.5. The summed E-state index contributed by atoms with van der Waals surface area (Å²) in [6, 6.07) is 21.7. The van der Waals surface area contributed by atoms with Crippen molar-refractivity contribution in [3.05, 3.63) is 93.7 Å². The van der Waals surface area contributed by atoms with E-state index in [9.17, 15) is 9.59 Å². The number of rotatable bonds is 7. The molecule has 0 fully saturated rings. The highest BCUT2D eigenvalue weighted by Gasteiger charge is 2.14. The zero-order valence-electron chi connectivity index (χ0n) is 17.2. The van der Waals surface area contributed by atoms with Crippen molar-refractivity contribution in [3.63, 3.8) is 0 Å². The quantitative estimate of drug-likeness (QED) is 0.312. The van der Waals surface area contributed by atoms with Crippen LogP contribution in [0.25, 0.3) is 10.9 Å². The van der Waals surface area contributed by atoms with Gasteiger partial charge in [0.05, 0.1) is 30.3 Å². The molecule has 4 rings (SSSR count). The summed E-state index contributed by atoms with van der Waals surface area (Å²) in [5.41, 5.74) is 1.99. The number of hydrogen-bond acceptors (Lipinski definition) is 5. The second kappa shape index (κ2) is 9.89. The lowest BCUT2D eigenvalue weighted by atomic mass is 10.2. The molecule has 0 aliphatic rings. The topological polar surface area (TPSA) is 73.2 Å². The maximum atomic E-state index is 13.2. The van der Waals surface area contributed by atoms with Crippen LogP contribution in [0.1, 0.15) is 5.56 Å². The van der Waals surface area contributed by atoms with Gasteiger partial charge >= 0.3 is 0 Å². The molecule has 32 heavy (non-hydrogen) atoms. The van der Waals surface area contributed by atoms with Gasteiger partial charge in [-0.1, -0.05) is 53.7 Å². The van der Waals surface area contributed by atoms with Crippen LogP contribution in [-0.4, -0.2) is 28.3 Å². The summed E-state index contributed by atoms with van der Waals surface area (Å²) in [5.74, 6) is 0.626. The third-order valence-corrected chi connectivity index (χ3v) is 5.98. The van der Waals surface area contributed by atoms with Gasteiger partial charge in [0.1, 0.15) is 5.75 Å². The summed E-state index contributed by atoms with van der Waals surface area (Å²) in [5, 5.41) is 4.37. The standard InChI is InChI=1S/C24H20ClN3O3S/c1-31-19-11-9-16(10-12-19)14-28-23(30)20-7-2-3-8-21(20)27-24(28)32-15-22(29)26-18-6-4-5-17(25)13-18/h2-13H,14-15H2,1H3,(H,26,29). The second-order valence-electron chi connectivity index (χ2n) is 7.00. The number of anilines is 1. The maximum absolute atomic E-state index is 13.2. The third kappa shape index (κ3) is 5.12. The number of carbonyl (C=O) groups excluding carboxylic acids is 1. The zero-order valence-corrected chi connectivity index (χ0v) is 18.8. The molecule has 162 valence electrons. The number of fused-ring (bicyclic) bond motifs is 1. The first-order valence-corrected chi connectivity index (χ1v) is 11.2. The Labute approximate surface area is 194 Å². The summed E-state index contributed by atoms with van der Waals surface area (Å²) in [4.78, 5) is 30.4. The van der Waals surface area contributed by atoms with Crippen molar-refractivity contribution >= 4 is 45.9 Å². The first kappa shape index (κ1) is 21.9. The van der Waals surface area contributed by atoms with E-state index in [0.29, 0.717) is 33.3 Å². The number of ether oxygens (including phenoxy) is 1. The Bertz CT molecular complexity index is 1320. The number of carbonyl (C=O) groups is 1. The molecular formula is C24H20ClN3O3S. The van der Waals surface area contributed by atoms with Gasteiger partial charge in [0, 0.05) is 10.7 Å². The predicted octanol–water partition coefficient (Wildman–Crippen LogP) is 4.84. The Hall–Kier alpha value is -3.29. The number of nitrogens with zero attached hydrogens (tertiary/aromatic N) is 2. The molecule has 1 aromatic heterocycles. The van der Waals surface area contributed by atoms with Crippen molar-refractivity contribution in [1.29, 1.82) is 0 Å². The Morgan fingerprint density at radius 2 is 1.88 bits per heavy atom. The van der Waals surface area contributed by atoms with Gasteiger partial charge < -0.3 is 10.1 Å². The highest BCUT2D eigenvalue weighted by atomic mass is 35.5. The van der Waals surface area contributed by atoms with Crippen LogP contribution in [-0.2, 0) is 11.3 Å². The minimum atomic E-state index is -0.212. The number of methoxy groups -OCH3 is 1. The molecule has 0 spiro atoms. The second-order valence-corrected chi connectivity index (χ2v) is 8.38. The summed E-state index contributed by atoms with van der Waals surface area (Å²) in [7, 11) is 1.61. The van der Waals surface area contributed by atoms with Crippen LogP contribution in [0.2, 0.25) is 5.02 Å². The summed E-state index contributed by atoms with van der Waals surface area (Å²) >= 11 is 7.20. The van der Waals surface area contributed by atoms with Crippen molar-refractivity contribution in [3.8, 4) is 5.75 Å². The molecule has 0 saturated heterocycles. The van der Waals surface area contributed by atoms with Crippen LogP contribution in [0.5, 0.6) is 5.75 Å². The van der Waals surface area contributed by atoms with Gasteiger partial charge in [0.15, 0.2) is 5.16 Å². The molecule has 1 amide bonds. The van der Waals surface area contributed by atoms with E-state index in [-0.39, 0.29) is 17.2 Å². The van der Waals surface area contributed by atoms with E-state index >= 15 is 0 Å². The largest absolute Gasteiger partial charge is 0.497 e. The van der Waals surface area contributed by atoms with Gasteiger partial charge in [0.2, 0.25) is 5.91 Å². The number of aromatic nitrogens is 2.